The minimum atomic E-state index is -0.123. The zero-order chi connectivity index (χ0) is 21.6. The molecule has 0 aliphatic carbocycles. The Morgan fingerprint density at radius 3 is 2.61 bits per heavy atom. The van der Waals surface area contributed by atoms with Crippen molar-refractivity contribution in [3.63, 3.8) is 0 Å². The van der Waals surface area contributed by atoms with Gasteiger partial charge in [0.25, 0.3) is 0 Å². The van der Waals surface area contributed by atoms with Gasteiger partial charge in [-0.25, -0.2) is 0 Å². The molecule has 3 aromatic rings. The lowest BCUT2D eigenvalue weighted by Crippen LogP contribution is -2.28. The van der Waals surface area contributed by atoms with Crippen molar-refractivity contribution < 1.29 is 9.31 Å². The zero-order valence-corrected chi connectivity index (χ0v) is 18.8. The van der Waals surface area contributed by atoms with Crippen molar-refractivity contribution in [2.45, 2.75) is 39.0 Å². The van der Waals surface area contributed by atoms with Crippen molar-refractivity contribution in [1.29, 1.82) is 0 Å². The van der Waals surface area contributed by atoms with Gasteiger partial charge in [0, 0.05) is 25.1 Å². The van der Waals surface area contributed by atoms with Crippen molar-refractivity contribution in [1.82, 2.24) is 0 Å². The van der Waals surface area contributed by atoms with E-state index in [1.54, 1.807) is 0 Å². The Hall–Kier alpha value is -3.29. The van der Waals surface area contributed by atoms with E-state index in [4.69, 9.17) is 4.74 Å². The maximum Gasteiger partial charge on any atom is 0.246 e. The summed E-state index contributed by atoms with van der Waals surface area (Å²) in [6.07, 6.45) is 4.46. The van der Waals surface area contributed by atoms with E-state index in [0.717, 1.165) is 30.3 Å². The standard InChI is InChI=1S/C28H29N2O/c1-5-6-19-30-23-16-15-20-11-7-8-12-21(20)27(23)28(2,3)25(30)17-18-26-29(4)22-13-9-10-14-24(22)31-26/h7-17H,5-6,19H2,1-4H3/q+1. The average Bonchev–Trinajstić information content (AvgIpc) is 3.21. The lowest BCUT2D eigenvalue weighted by molar-refractivity contribution is -0.438. The molecule has 3 heteroatoms. The molecule has 156 valence electrons. The van der Waals surface area contributed by atoms with Crippen LogP contribution in [0.25, 0.3) is 10.8 Å². The molecule has 0 fully saturated rings. The Morgan fingerprint density at radius 2 is 1.81 bits per heavy atom. The fraction of sp³-hybridized carbons (Fsp3) is 0.286. The Labute approximate surface area is 184 Å². The lowest BCUT2D eigenvalue weighted by Gasteiger charge is -2.17. The highest BCUT2D eigenvalue weighted by atomic mass is 16.5. The molecule has 5 rings (SSSR count). The summed E-state index contributed by atoms with van der Waals surface area (Å²) in [4.78, 5) is 2.06. The summed E-state index contributed by atoms with van der Waals surface area (Å²) in [5.41, 5.74) is 8.43. The number of para-hydroxylation sites is 2. The summed E-state index contributed by atoms with van der Waals surface area (Å²) >= 11 is 0. The maximum absolute atomic E-state index is 6.08. The van der Waals surface area contributed by atoms with Gasteiger partial charge in [0.05, 0.1) is 17.2 Å². The molecule has 3 aromatic carbocycles. The third-order valence-electron chi connectivity index (χ3n) is 6.56. The fourth-order valence-electron chi connectivity index (χ4n) is 4.91. The van der Waals surface area contributed by atoms with Crippen LogP contribution < -0.4 is 9.64 Å². The van der Waals surface area contributed by atoms with Crippen LogP contribution in [-0.2, 0) is 5.41 Å². The zero-order valence-electron chi connectivity index (χ0n) is 18.8. The summed E-state index contributed by atoms with van der Waals surface area (Å²) in [5.74, 6) is 1.62. The first kappa shape index (κ1) is 19.7. The number of unbranched alkanes of at least 4 members (excludes halogenated alkanes) is 1. The molecular formula is C28H29N2O+. The topological polar surface area (TPSA) is 15.5 Å². The van der Waals surface area contributed by atoms with E-state index in [1.165, 1.54) is 34.2 Å². The monoisotopic (exact) mass is 409 g/mol. The van der Waals surface area contributed by atoms with Crippen LogP contribution in [0.4, 0.5) is 11.4 Å². The van der Waals surface area contributed by atoms with Crippen LogP contribution in [-0.4, -0.2) is 23.9 Å². The van der Waals surface area contributed by atoms with Gasteiger partial charge in [-0.3, -0.25) is 0 Å². The number of hydrogen-bond acceptors (Lipinski definition) is 2. The second-order valence-corrected chi connectivity index (χ2v) is 8.92. The van der Waals surface area contributed by atoms with E-state index >= 15 is 0 Å². The number of hydrogen-bond donors (Lipinski definition) is 0. The highest BCUT2D eigenvalue weighted by Crippen LogP contribution is 2.44. The molecule has 0 radical (unpaired) electrons. The molecule has 0 saturated heterocycles. The molecule has 3 nitrogen and oxygen atoms in total. The molecular weight excluding hydrogens is 380 g/mol. The first-order valence-electron chi connectivity index (χ1n) is 11.2. The predicted molar refractivity (Wildman–Crippen MR) is 129 cm³/mol. The fourth-order valence-corrected chi connectivity index (χ4v) is 4.91. The minimum absolute atomic E-state index is 0.123. The van der Waals surface area contributed by atoms with Crippen LogP contribution in [0.2, 0.25) is 0 Å². The van der Waals surface area contributed by atoms with Crippen molar-refractivity contribution >= 4 is 27.9 Å². The number of ether oxygens (including phenoxy) is 1. The largest absolute Gasteiger partial charge is 0.432 e. The van der Waals surface area contributed by atoms with E-state index in [0.29, 0.717) is 0 Å². The number of fused-ring (bicyclic) bond motifs is 4. The van der Waals surface area contributed by atoms with E-state index in [-0.39, 0.29) is 5.41 Å². The second-order valence-electron chi connectivity index (χ2n) is 8.92. The summed E-state index contributed by atoms with van der Waals surface area (Å²) in [6.45, 7) is 7.91. The second kappa shape index (κ2) is 7.44. The van der Waals surface area contributed by atoms with Crippen molar-refractivity contribution in [2.75, 3.05) is 18.5 Å². The predicted octanol–water partition coefficient (Wildman–Crippen LogP) is 6.54. The number of rotatable bonds is 4. The third-order valence-corrected chi connectivity index (χ3v) is 6.56. The number of allylic oxidation sites excluding steroid dienone is 1. The molecule has 0 unspecified atom stereocenters. The van der Waals surface area contributed by atoms with Crippen molar-refractivity contribution in [2.24, 2.45) is 0 Å². The summed E-state index contributed by atoms with van der Waals surface area (Å²) < 4.78 is 8.57. The van der Waals surface area contributed by atoms with Crippen molar-refractivity contribution in [3.05, 3.63) is 83.9 Å². The molecule has 0 spiro atoms. The van der Waals surface area contributed by atoms with Gasteiger partial charge >= 0.3 is 0 Å². The number of benzene rings is 3. The van der Waals surface area contributed by atoms with E-state index in [1.807, 2.05) is 25.2 Å². The smallest absolute Gasteiger partial charge is 0.246 e. The third kappa shape index (κ3) is 3.08. The first-order valence-corrected chi connectivity index (χ1v) is 11.2. The number of anilines is 1. The molecule has 2 aliphatic heterocycles. The molecule has 0 aromatic heterocycles. The van der Waals surface area contributed by atoms with Gasteiger partial charge in [0.1, 0.15) is 6.54 Å². The highest BCUT2D eigenvalue weighted by Gasteiger charge is 2.45. The van der Waals surface area contributed by atoms with Crippen LogP contribution in [0.1, 0.15) is 39.2 Å². The minimum Gasteiger partial charge on any atom is -0.432 e. The quantitative estimate of drug-likeness (QED) is 0.359. The van der Waals surface area contributed by atoms with Gasteiger partial charge in [0.15, 0.2) is 11.5 Å². The van der Waals surface area contributed by atoms with Crippen LogP contribution in [0.3, 0.4) is 0 Å². The molecule has 2 heterocycles. The van der Waals surface area contributed by atoms with Gasteiger partial charge in [-0.1, -0.05) is 49.7 Å². The lowest BCUT2D eigenvalue weighted by atomic mass is 9.79. The average molecular weight is 410 g/mol. The molecule has 0 amide bonds. The molecule has 0 saturated carbocycles. The highest BCUT2D eigenvalue weighted by molar-refractivity contribution is 6.07. The van der Waals surface area contributed by atoms with Gasteiger partial charge in [-0.2, -0.15) is 4.58 Å². The van der Waals surface area contributed by atoms with E-state index < -0.39 is 0 Å². The molecule has 0 atom stereocenters. The van der Waals surface area contributed by atoms with Crippen LogP contribution in [0.5, 0.6) is 5.75 Å². The SMILES string of the molecule is CCCC[N+]1=C(C=C=C2Oc3ccccc3N2C)C(C)(C)c2c1ccc1ccccc21. The maximum atomic E-state index is 6.08. The van der Waals surface area contributed by atoms with Crippen LogP contribution in [0.15, 0.2) is 78.4 Å². The Kier molecular flexibility index (Phi) is 4.72. The molecule has 2 aliphatic rings. The van der Waals surface area contributed by atoms with Crippen molar-refractivity contribution in [3.8, 4) is 5.75 Å². The summed E-state index contributed by atoms with van der Waals surface area (Å²) in [7, 11) is 2.03. The van der Waals surface area contributed by atoms with Gasteiger partial charge in [-0.15, -0.1) is 0 Å². The molecule has 0 bridgehead atoms. The summed E-state index contributed by atoms with van der Waals surface area (Å²) in [6, 6.07) is 21.4. The number of nitrogens with zero attached hydrogens (tertiary/aromatic N) is 2. The Balaban J connectivity index is 1.66. The van der Waals surface area contributed by atoms with Gasteiger partial charge in [-0.05, 0) is 48.6 Å². The van der Waals surface area contributed by atoms with E-state index in [2.05, 4.69) is 84.5 Å². The van der Waals surface area contributed by atoms with Gasteiger partial charge < -0.3 is 9.64 Å². The summed E-state index contributed by atoms with van der Waals surface area (Å²) in [5, 5.41) is 2.63. The normalized spacial score (nSPS) is 16.3. The van der Waals surface area contributed by atoms with Gasteiger partial charge in [0.2, 0.25) is 11.6 Å². The van der Waals surface area contributed by atoms with Crippen LogP contribution in [0, 0.1) is 0 Å². The molecule has 0 N–H and O–H groups in total. The first-order chi connectivity index (χ1) is 15.0. The molecule has 31 heavy (non-hydrogen) atoms. The Bertz CT molecular complexity index is 1280. The van der Waals surface area contributed by atoms with E-state index in [9.17, 15) is 0 Å². The Morgan fingerprint density at radius 1 is 1.03 bits per heavy atom. The van der Waals surface area contributed by atoms with Crippen LogP contribution >= 0.6 is 0 Å².